The van der Waals surface area contributed by atoms with E-state index in [0.29, 0.717) is 25.0 Å². The van der Waals surface area contributed by atoms with Crippen molar-refractivity contribution in [3.8, 4) is 5.75 Å². The number of hydrogen-bond acceptors (Lipinski definition) is 3. The summed E-state index contributed by atoms with van der Waals surface area (Å²) in [6, 6.07) is 5.80. The summed E-state index contributed by atoms with van der Waals surface area (Å²) in [4.78, 5) is 11.7. The van der Waals surface area contributed by atoms with E-state index in [4.69, 9.17) is 4.74 Å². The van der Waals surface area contributed by atoms with Gasteiger partial charge in [0.15, 0.2) is 5.78 Å². The number of ketones is 1. The maximum Gasteiger partial charge on any atom is 0.387 e. The summed E-state index contributed by atoms with van der Waals surface area (Å²) in [5.41, 5.74) is 0.374. The van der Waals surface area contributed by atoms with Crippen molar-refractivity contribution in [2.45, 2.75) is 19.5 Å². The third kappa shape index (κ3) is 4.91. The number of benzene rings is 1. The molecular weight excluding hydrogens is 230 g/mol. The Morgan fingerprint density at radius 2 is 2.18 bits per heavy atom. The van der Waals surface area contributed by atoms with Crippen molar-refractivity contribution < 1.29 is 23.0 Å². The minimum atomic E-state index is -2.88. The highest BCUT2D eigenvalue weighted by Gasteiger charge is 2.09. The maximum atomic E-state index is 12.0. The molecule has 0 heterocycles. The molecule has 0 aliphatic heterocycles. The first-order valence-corrected chi connectivity index (χ1v) is 5.20. The van der Waals surface area contributed by atoms with Gasteiger partial charge in [0.2, 0.25) is 0 Å². The molecule has 0 aliphatic carbocycles. The van der Waals surface area contributed by atoms with Gasteiger partial charge in [0, 0.05) is 25.7 Å². The fraction of sp³-hybridized carbons (Fsp3) is 0.417. The summed E-state index contributed by atoms with van der Waals surface area (Å²) in [5, 5.41) is 0. The topological polar surface area (TPSA) is 35.5 Å². The van der Waals surface area contributed by atoms with E-state index in [1.807, 2.05) is 0 Å². The SMILES string of the molecule is COCCCC(=O)c1cccc(OC(F)F)c1. The molecule has 0 N–H and O–H groups in total. The zero-order valence-electron chi connectivity index (χ0n) is 9.49. The Balaban J connectivity index is 2.60. The van der Waals surface area contributed by atoms with Crippen LogP contribution < -0.4 is 4.74 Å². The lowest BCUT2D eigenvalue weighted by Crippen LogP contribution is -2.04. The summed E-state index contributed by atoms with van der Waals surface area (Å²) in [6.07, 6.45) is 0.932. The molecule has 94 valence electrons. The summed E-state index contributed by atoms with van der Waals surface area (Å²) >= 11 is 0. The second-order valence-corrected chi connectivity index (χ2v) is 3.43. The van der Waals surface area contributed by atoms with Crippen molar-refractivity contribution in [2.75, 3.05) is 13.7 Å². The molecular formula is C12H14F2O3. The molecule has 1 aromatic carbocycles. The van der Waals surface area contributed by atoms with Crippen LogP contribution in [0, 0.1) is 0 Å². The van der Waals surface area contributed by atoms with E-state index >= 15 is 0 Å². The highest BCUT2D eigenvalue weighted by molar-refractivity contribution is 5.96. The Morgan fingerprint density at radius 1 is 1.41 bits per heavy atom. The van der Waals surface area contributed by atoms with E-state index < -0.39 is 6.61 Å². The first-order valence-electron chi connectivity index (χ1n) is 5.20. The van der Waals surface area contributed by atoms with Crippen molar-refractivity contribution in [1.82, 2.24) is 0 Å². The molecule has 0 unspecified atom stereocenters. The average molecular weight is 244 g/mol. The van der Waals surface area contributed by atoms with Crippen LogP contribution in [-0.4, -0.2) is 26.1 Å². The summed E-state index contributed by atoms with van der Waals surface area (Å²) in [6.45, 7) is -2.38. The van der Waals surface area contributed by atoms with Gasteiger partial charge in [-0.3, -0.25) is 4.79 Å². The quantitative estimate of drug-likeness (QED) is 0.546. The van der Waals surface area contributed by atoms with Crippen molar-refractivity contribution in [3.63, 3.8) is 0 Å². The minimum Gasteiger partial charge on any atom is -0.435 e. The Kier molecular flexibility index (Phi) is 5.56. The Labute approximate surface area is 98.3 Å². The number of carbonyl (C=O) groups excluding carboxylic acids is 1. The molecule has 17 heavy (non-hydrogen) atoms. The van der Waals surface area contributed by atoms with Crippen molar-refractivity contribution in [3.05, 3.63) is 29.8 Å². The molecule has 0 saturated heterocycles. The number of alkyl halides is 2. The van der Waals surface area contributed by atoms with Gasteiger partial charge in [-0.25, -0.2) is 0 Å². The van der Waals surface area contributed by atoms with Crippen molar-refractivity contribution in [2.24, 2.45) is 0 Å². The van der Waals surface area contributed by atoms with Gasteiger partial charge >= 0.3 is 6.61 Å². The average Bonchev–Trinajstić information content (AvgIpc) is 2.28. The van der Waals surface area contributed by atoms with Crippen molar-refractivity contribution >= 4 is 5.78 Å². The fourth-order valence-corrected chi connectivity index (χ4v) is 1.37. The molecule has 0 radical (unpaired) electrons. The van der Waals surface area contributed by atoms with Crippen LogP contribution in [0.3, 0.4) is 0 Å². The maximum absolute atomic E-state index is 12.0. The van der Waals surface area contributed by atoms with Gasteiger partial charge in [0.25, 0.3) is 0 Å². The van der Waals surface area contributed by atoms with Crippen LogP contribution in [0.5, 0.6) is 5.75 Å². The number of hydrogen-bond donors (Lipinski definition) is 0. The van der Waals surface area contributed by atoms with E-state index in [0.717, 1.165) is 0 Å². The number of carbonyl (C=O) groups is 1. The van der Waals surface area contributed by atoms with Gasteiger partial charge in [-0.15, -0.1) is 0 Å². The molecule has 0 fully saturated rings. The molecule has 1 rings (SSSR count). The van der Waals surface area contributed by atoms with Gasteiger partial charge in [0.1, 0.15) is 5.75 Å². The van der Waals surface area contributed by atoms with Crippen LogP contribution in [0.4, 0.5) is 8.78 Å². The Morgan fingerprint density at radius 3 is 2.82 bits per heavy atom. The predicted octanol–water partition coefficient (Wildman–Crippen LogP) is 2.90. The van der Waals surface area contributed by atoms with E-state index in [1.165, 1.54) is 18.2 Å². The highest BCUT2D eigenvalue weighted by atomic mass is 19.3. The largest absolute Gasteiger partial charge is 0.435 e. The van der Waals surface area contributed by atoms with E-state index in [1.54, 1.807) is 13.2 Å². The van der Waals surface area contributed by atoms with Crippen LogP contribution in [0.15, 0.2) is 24.3 Å². The summed E-state index contributed by atoms with van der Waals surface area (Å²) < 4.78 is 33.0. The molecule has 0 amide bonds. The lowest BCUT2D eigenvalue weighted by molar-refractivity contribution is -0.0498. The van der Waals surface area contributed by atoms with Gasteiger partial charge in [0.05, 0.1) is 0 Å². The monoisotopic (exact) mass is 244 g/mol. The van der Waals surface area contributed by atoms with E-state index in [-0.39, 0.29) is 11.5 Å². The van der Waals surface area contributed by atoms with Crippen LogP contribution in [0.2, 0.25) is 0 Å². The molecule has 0 saturated carbocycles. The van der Waals surface area contributed by atoms with E-state index in [9.17, 15) is 13.6 Å². The predicted molar refractivity (Wildman–Crippen MR) is 58.5 cm³/mol. The number of rotatable bonds is 7. The molecule has 0 bridgehead atoms. The van der Waals surface area contributed by atoms with Gasteiger partial charge in [-0.05, 0) is 18.6 Å². The zero-order chi connectivity index (χ0) is 12.7. The number of Topliss-reactive ketones (excluding diaryl/α,β-unsaturated/α-hetero) is 1. The molecule has 0 aliphatic rings. The molecule has 5 heteroatoms. The smallest absolute Gasteiger partial charge is 0.387 e. The first kappa shape index (κ1) is 13.6. The van der Waals surface area contributed by atoms with Gasteiger partial charge < -0.3 is 9.47 Å². The third-order valence-corrected chi connectivity index (χ3v) is 2.13. The zero-order valence-corrected chi connectivity index (χ0v) is 9.49. The molecule has 0 aromatic heterocycles. The summed E-state index contributed by atoms with van der Waals surface area (Å²) in [5.74, 6) is -0.112. The molecule has 3 nitrogen and oxygen atoms in total. The molecule has 0 spiro atoms. The standard InChI is InChI=1S/C12H14F2O3/c1-16-7-3-6-11(15)9-4-2-5-10(8-9)17-12(13)14/h2,4-5,8,12H,3,6-7H2,1H3. The first-order chi connectivity index (χ1) is 8.13. The van der Waals surface area contributed by atoms with Gasteiger partial charge in [-0.1, -0.05) is 12.1 Å². The van der Waals surface area contributed by atoms with Crippen molar-refractivity contribution in [1.29, 1.82) is 0 Å². The Bertz CT molecular complexity index is 367. The van der Waals surface area contributed by atoms with Crippen LogP contribution in [0.1, 0.15) is 23.2 Å². The highest BCUT2D eigenvalue weighted by Crippen LogP contribution is 2.17. The third-order valence-electron chi connectivity index (χ3n) is 2.13. The molecule has 0 atom stereocenters. The minimum absolute atomic E-state index is 0.00223. The second-order valence-electron chi connectivity index (χ2n) is 3.43. The lowest BCUT2D eigenvalue weighted by Gasteiger charge is -2.06. The molecule has 1 aromatic rings. The number of halogens is 2. The lowest BCUT2D eigenvalue weighted by atomic mass is 10.1. The van der Waals surface area contributed by atoms with Gasteiger partial charge in [-0.2, -0.15) is 8.78 Å². The normalized spacial score (nSPS) is 10.6. The van der Waals surface area contributed by atoms with Crippen LogP contribution in [0.25, 0.3) is 0 Å². The van der Waals surface area contributed by atoms with Crippen LogP contribution >= 0.6 is 0 Å². The van der Waals surface area contributed by atoms with Crippen LogP contribution in [-0.2, 0) is 4.74 Å². The number of methoxy groups -OCH3 is 1. The Hall–Kier alpha value is -1.49. The summed E-state index contributed by atoms with van der Waals surface area (Å²) in [7, 11) is 1.56. The van der Waals surface area contributed by atoms with E-state index in [2.05, 4.69) is 4.74 Å². The second kappa shape index (κ2) is 6.96. The fourth-order valence-electron chi connectivity index (χ4n) is 1.37. The number of ether oxygens (including phenoxy) is 2.